The van der Waals surface area contributed by atoms with Crippen molar-refractivity contribution in [2.24, 2.45) is 11.1 Å². The second-order valence-electron chi connectivity index (χ2n) is 16.9. The monoisotopic (exact) mass is 813 g/mol. The van der Waals surface area contributed by atoms with Crippen LogP contribution >= 0.6 is 0 Å². The number of allylic oxidation sites excluding steroid dienone is 1. The number of unbranched alkanes of at least 4 members (excludes halogenated alkanes) is 1. The number of fused-ring (bicyclic) bond motifs is 5. The van der Waals surface area contributed by atoms with E-state index in [4.69, 9.17) is 14.7 Å². The lowest BCUT2D eigenvalue weighted by Gasteiger charge is -2.34. The normalized spacial score (nSPS) is 29.1. The SMILES string of the molecule is CCCC[C@H]1[C@H](ON=C2c3ccccc3-c3ccccc32)CC2C(=O)NC3(C(=O)NS(=O)(=O)C4CC4)CC3/C=C\CCCCCC(NC(=O)OC3CCCC3)C(=O)N21. The van der Waals surface area contributed by atoms with Crippen molar-refractivity contribution in [3.63, 3.8) is 0 Å². The lowest BCUT2D eigenvalue weighted by Crippen LogP contribution is -2.59. The summed E-state index contributed by atoms with van der Waals surface area (Å²) in [6, 6.07) is 13.3. The fourth-order valence-corrected chi connectivity index (χ4v) is 10.7. The third-order valence-electron chi connectivity index (χ3n) is 12.8. The minimum absolute atomic E-state index is 0.0733. The molecule has 0 bridgehead atoms. The van der Waals surface area contributed by atoms with Gasteiger partial charge in [0.15, 0.2) is 0 Å². The number of nitrogens with zero attached hydrogens (tertiary/aromatic N) is 2. The van der Waals surface area contributed by atoms with Crippen LogP contribution < -0.4 is 15.4 Å². The van der Waals surface area contributed by atoms with Gasteiger partial charge in [-0.2, -0.15) is 0 Å². The van der Waals surface area contributed by atoms with Crippen molar-refractivity contribution in [3.8, 4) is 11.1 Å². The maximum Gasteiger partial charge on any atom is 0.408 e. The van der Waals surface area contributed by atoms with Crippen molar-refractivity contribution < 1.29 is 37.2 Å². The molecule has 2 aromatic rings. The number of carbonyl (C=O) groups excluding carboxylic acids is 4. The Morgan fingerprint density at radius 3 is 2.26 bits per heavy atom. The quantitative estimate of drug-likeness (QED) is 0.165. The minimum Gasteiger partial charge on any atom is -0.446 e. The lowest BCUT2D eigenvalue weighted by molar-refractivity contribution is -0.143. The third kappa shape index (κ3) is 8.26. The Balaban J connectivity index is 1.14. The van der Waals surface area contributed by atoms with Gasteiger partial charge in [-0.3, -0.25) is 19.1 Å². The molecule has 3 N–H and O–H groups in total. The molecule has 8 rings (SSSR count). The molecule has 4 unspecified atom stereocenters. The molecule has 13 nitrogen and oxygen atoms in total. The summed E-state index contributed by atoms with van der Waals surface area (Å²) in [4.78, 5) is 65.2. The maximum absolute atomic E-state index is 15.1. The van der Waals surface area contributed by atoms with Crippen molar-refractivity contribution in [2.45, 2.75) is 151 Å². The van der Waals surface area contributed by atoms with E-state index in [1.54, 1.807) is 4.90 Å². The van der Waals surface area contributed by atoms with Crippen LogP contribution in [-0.2, 0) is 34.0 Å². The number of nitrogens with one attached hydrogen (secondary N) is 3. The summed E-state index contributed by atoms with van der Waals surface area (Å²) >= 11 is 0. The summed E-state index contributed by atoms with van der Waals surface area (Å²) < 4.78 is 34.0. The highest BCUT2D eigenvalue weighted by atomic mass is 32.2. The van der Waals surface area contributed by atoms with Crippen LogP contribution in [0.3, 0.4) is 0 Å². The van der Waals surface area contributed by atoms with Crippen molar-refractivity contribution in [1.29, 1.82) is 0 Å². The van der Waals surface area contributed by atoms with Crippen molar-refractivity contribution in [2.75, 3.05) is 0 Å². The second-order valence-corrected chi connectivity index (χ2v) is 18.9. The Morgan fingerprint density at radius 2 is 1.59 bits per heavy atom. The molecule has 2 aliphatic heterocycles. The number of benzene rings is 2. The van der Waals surface area contributed by atoms with Crippen LogP contribution in [0.1, 0.15) is 121 Å². The van der Waals surface area contributed by atoms with Gasteiger partial charge in [-0.05, 0) is 81.8 Å². The first-order valence-electron chi connectivity index (χ1n) is 21.4. The maximum atomic E-state index is 15.1. The van der Waals surface area contributed by atoms with Crippen LogP contribution in [0.25, 0.3) is 11.1 Å². The molecule has 0 radical (unpaired) electrons. The van der Waals surface area contributed by atoms with Gasteiger partial charge in [-0.1, -0.05) is 98.4 Å². The van der Waals surface area contributed by atoms with Crippen LogP contribution in [0, 0.1) is 5.92 Å². The molecule has 6 aliphatic rings. The van der Waals surface area contributed by atoms with Gasteiger partial charge in [0.2, 0.25) is 21.8 Å². The molecule has 310 valence electrons. The summed E-state index contributed by atoms with van der Waals surface area (Å²) in [5, 5.41) is 10.0. The molecular weight excluding hydrogens is 759 g/mol. The fourth-order valence-electron chi connectivity index (χ4n) is 9.30. The average molecular weight is 814 g/mol. The molecule has 6 atom stereocenters. The van der Waals surface area contributed by atoms with E-state index in [9.17, 15) is 22.8 Å². The number of hydrogen-bond acceptors (Lipinski definition) is 9. The summed E-state index contributed by atoms with van der Waals surface area (Å²) in [6.45, 7) is 2.05. The smallest absolute Gasteiger partial charge is 0.408 e. The first kappa shape index (κ1) is 40.1. The van der Waals surface area contributed by atoms with Gasteiger partial charge in [-0.15, -0.1) is 0 Å². The number of amides is 4. The van der Waals surface area contributed by atoms with Gasteiger partial charge in [0.05, 0.1) is 11.3 Å². The molecular formula is C44H55N5O8S. The Bertz CT molecular complexity index is 2030. The van der Waals surface area contributed by atoms with Gasteiger partial charge in [-0.25, -0.2) is 13.2 Å². The van der Waals surface area contributed by atoms with Crippen molar-refractivity contribution >= 4 is 39.5 Å². The zero-order chi connectivity index (χ0) is 40.4. The highest BCUT2D eigenvalue weighted by molar-refractivity contribution is 7.91. The van der Waals surface area contributed by atoms with Gasteiger partial charge >= 0.3 is 6.09 Å². The van der Waals surface area contributed by atoms with Crippen LogP contribution in [0.15, 0.2) is 65.8 Å². The van der Waals surface area contributed by atoms with Crippen LogP contribution in [0.4, 0.5) is 4.79 Å². The number of carbonyl (C=O) groups is 4. The molecule has 58 heavy (non-hydrogen) atoms. The summed E-state index contributed by atoms with van der Waals surface area (Å²) in [5.74, 6) is -2.19. The van der Waals surface area contributed by atoms with E-state index < -0.39 is 74.8 Å². The van der Waals surface area contributed by atoms with Gasteiger partial charge in [0, 0.05) is 23.5 Å². The number of rotatable bonds is 10. The number of ether oxygens (including phenoxy) is 1. The first-order valence-corrected chi connectivity index (χ1v) is 22.9. The molecule has 2 heterocycles. The van der Waals surface area contributed by atoms with E-state index in [-0.39, 0.29) is 18.9 Å². The van der Waals surface area contributed by atoms with E-state index in [2.05, 4.69) is 22.3 Å². The predicted molar refractivity (Wildman–Crippen MR) is 218 cm³/mol. The standard InChI is InChI=1S/C44H55N5O8S/c1-2-3-23-36-38(57-47-39-33-20-13-11-18-31(33)32-19-12-14-21-34(32)39)26-37-40(50)46-44(42(52)48-58(54,55)30-24-25-30)27-28(44)15-7-5-4-6-8-22-35(41(51)49(36)37)45-43(53)56-29-16-9-10-17-29/h7,11-15,18-21,28-30,35-38H,2-6,8-10,16-17,22-27H2,1H3,(H,45,53)(H,46,50)(H,48,52)/b15-7-/t28?,35?,36-,37?,38+,44?/m0/s1. The van der Waals surface area contributed by atoms with E-state index in [1.807, 2.05) is 60.7 Å². The van der Waals surface area contributed by atoms with Crippen molar-refractivity contribution in [1.82, 2.24) is 20.3 Å². The third-order valence-corrected chi connectivity index (χ3v) is 14.6. The van der Waals surface area contributed by atoms with Crippen molar-refractivity contribution in [3.05, 3.63) is 71.8 Å². The van der Waals surface area contributed by atoms with Crippen LogP contribution in [0.5, 0.6) is 0 Å². The molecule has 4 aliphatic carbocycles. The average Bonchev–Trinajstić information content (AvgIpc) is 4.06. The Kier molecular flexibility index (Phi) is 11.7. The number of sulfonamides is 1. The molecule has 0 aromatic heterocycles. The molecule has 4 fully saturated rings. The minimum atomic E-state index is -3.90. The molecule has 14 heteroatoms. The van der Waals surface area contributed by atoms with Crippen LogP contribution in [0.2, 0.25) is 0 Å². The highest BCUT2D eigenvalue weighted by Gasteiger charge is 2.62. The Hall–Kier alpha value is -4.72. The topological polar surface area (TPSA) is 173 Å². The van der Waals surface area contributed by atoms with E-state index in [1.165, 1.54) is 0 Å². The number of hydrogen-bond donors (Lipinski definition) is 3. The molecule has 1 saturated heterocycles. The van der Waals surface area contributed by atoms with Gasteiger partial charge in [0.1, 0.15) is 35.5 Å². The molecule has 2 aromatic carbocycles. The number of oxime groups is 1. The second kappa shape index (κ2) is 16.9. The van der Waals surface area contributed by atoms with Crippen LogP contribution in [-0.4, -0.2) is 84.0 Å². The first-order chi connectivity index (χ1) is 28.1. The predicted octanol–water partition coefficient (Wildman–Crippen LogP) is 6.01. The summed E-state index contributed by atoms with van der Waals surface area (Å²) in [6.07, 6.45) is 12.5. The van der Waals surface area contributed by atoms with E-state index in [0.29, 0.717) is 44.2 Å². The molecule has 4 amide bonds. The lowest BCUT2D eigenvalue weighted by atomic mass is 10.0. The number of alkyl carbamates (subject to hydrolysis) is 1. The highest BCUT2D eigenvalue weighted by Crippen LogP contribution is 2.46. The van der Waals surface area contributed by atoms with E-state index >= 15 is 4.79 Å². The molecule has 0 spiro atoms. The molecule has 3 saturated carbocycles. The summed E-state index contributed by atoms with van der Waals surface area (Å²) in [7, 11) is -3.90. The van der Waals surface area contributed by atoms with Gasteiger partial charge < -0.3 is 25.1 Å². The fraction of sp³-hybridized carbons (Fsp3) is 0.568. The zero-order valence-corrected chi connectivity index (χ0v) is 34.0. The summed E-state index contributed by atoms with van der Waals surface area (Å²) in [5.41, 5.74) is 3.08. The zero-order valence-electron chi connectivity index (χ0n) is 33.2. The Labute approximate surface area is 340 Å². The van der Waals surface area contributed by atoms with E-state index in [0.717, 1.165) is 73.6 Å². The van der Waals surface area contributed by atoms with Gasteiger partial charge in [0.25, 0.3) is 5.91 Å². The largest absolute Gasteiger partial charge is 0.446 e. The Morgan fingerprint density at radius 1 is 0.914 bits per heavy atom.